The van der Waals surface area contributed by atoms with E-state index in [1.165, 1.54) is 5.39 Å². The predicted octanol–water partition coefficient (Wildman–Crippen LogP) is 16.3. The molecule has 0 aliphatic rings. The van der Waals surface area contributed by atoms with Gasteiger partial charge in [-0.05, 0) is 121 Å². The van der Waals surface area contributed by atoms with Crippen molar-refractivity contribution in [2.45, 2.75) is 0 Å². The highest BCUT2D eigenvalue weighted by Gasteiger charge is 2.24. The van der Waals surface area contributed by atoms with Gasteiger partial charge in [-0.2, -0.15) is 9.97 Å². The molecule has 0 radical (unpaired) electrons. The van der Waals surface area contributed by atoms with Crippen molar-refractivity contribution in [3.05, 3.63) is 261 Å². The third-order valence-corrected chi connectivity index (χ3v) is 13.1. The Hall–Kier alpha value is -9.59. The van der Waals surface area contributed by atoms with Gasteiger partial charge in [-0.25, -0.2) is 4.98 Å². The van der Waals surface area contributed by atoms with Gasteiger partial charge in [0.2, 0.25) is 5.95 Å². The average Bonchev–Trinajstić information content (AvgIpc) is 3.96. The zero-order chi connectivity index (χ0) is 46.4. The van der Waals surface area contributed by atoms with Crippen LogP contribution in [0.3, 0.4) is 0 Å². The van der Waals surface area contributed by atoms with Gasteiger partial charge in [-0.15, -0.1) is 0 Å². The van der Waals surface area contributed by atoms with Gasteiger partial charge in [0, 0.05) is 72.5 Å². The number of fused-ring (bicyclic) bond motifs is 7. The molecule has 0 bridgehead atoms. The minimum Gasteiger partial charge on any atom is -0.311 e. The summed E-state index contributed by atoms with van der Waals surface area (Å²) in [6.07, 6.45) is 0. The van der Waals surface area contributed by atoms with Crippen LogP contribution in [0.25, 0.3) is 78.0 Å². The van der Waals surface area contributed by atoms with E-state index in [4.69, 9.17) is 15.0 Å². The maximum atomic E-state index is 5.46. The second-order valence-corrected chi connectivity index (χ2v) is 17.3. The molecule has 0 aliphatic heterocycles. The van der Waals surface area contributed by atoms with Crippen LogP contribution in [-0.4, -0.2) is 24.1 Å². The molecule has 0 saturated carbocycles. The number of anilines is 6. The predicted molar refractivity (Wildman–Crippen MR) is 289 cm³/mol. The Labute approximate surface area is 405 Å². The van der Waals surface area contributed by atoms with Crippen LogP contribution in [0, 0.1) is 0 Å². The van der Waals surface area contributed by atoms with Crippen LogP contribution in [0.2, 0.25) is 0 Å². The third kappa shape index (κ3) is 7.04. The van der Waals surface area contributed by atoms with E-state index in [1.807, 2.05) is 24.3 Å². The minimum absolute atomic E-state index is 0.530. The van der Waals surface area contributed by atoms with Crippen LogP contribution in [0.4, 0.5) is 34.1 Å². The number of hydrogen-bond donors (Lipinski definition) is 0. The van der Waals surface area contributed by atoms with Gasteiger partial charge in [0.1, 0.15) is 0 Å². The highest BCUT2D eigenvalue weighted by Crippen LogP contribution is 2.43. The molecule has 3 aromatic heterocycles. The van der Waals surface area contributed by atoms with Gasteiger partial charge in [0.15, 0.2) is 11.6 Å². The Kier molecular flexibility index (Phi) is 10.0. The quantitative estimate of drug-likeness (QED) is 0.137. The SMILES string of the molecule is c1ccc(N(c2ccccc2)c2ccc(-c3nc(-c4ccc(N(c5ccccc5)c5ccccc5)cc4)nc(-n4c5ccccc5c5ccc6c7ccccc7n(-c7ccccc7)c6c54)n3)cc2)cc1. The first kappa shape index (κ1) is 40.7. The molecule has 70 heavy (non-hydrogen) atoms. The molecule has 0 aliphatic carbocycles. The number of para-hydroxylation sites is 7. The zero-order valence-corrected chi connectivity index (χ0v) is 38.0. The Morgan fingerprint density at radius 3 is 1.00 bits per heavy atom. The Morgan fingerprint density at radius 1 is 0.257 bits per heavy atom. The Bertz CT molecular complexity index is 3740. The first-order valence-electron chi connectivity index (χ1n) is 23.5. The van der Waals surface area contributed by atoms with Gasteiger partial charge in [-0.1, -0.05) is 140 Å². The lowest BCUT2D eigenvalue weighted by atomic mass is 10.1. The first-order valence-corrected chi connectivity index (χ1v) is 23.5. The molecule has 0 fully saturated rings. The maximum Gasteiger partial charge on any atom is 0.238 e. The van der Waals surface area contributed by atoms with Gasteiger partial charge in [0.05, 0.1) is 22.1 Å². The van der Waals surface area contributed by atoms with Gasteiger partial charge in [-0.3, -0.25) is 4.57 Å². The van der Waals surface area contributed by atoms with Crippen LogP contribution in [-0.2, 0) is 0 Å². The maximum absolute atomic E-state index is 5.46. The summed E-state index contributed by atoms with van der Waals surface area (Å²) in [6.45, 7) is 0. The Morgan fingerprint density at radius 2 is 0.586 bits per heavy atom. The van der Waals surface area contributed by atoms with Crippen molar-refractivity contribution >= 4 is 77.7 Å². The molecule has 13 rings (SSSR count). The lowest BCUT2D eigenvalue weighted by molar-refractivity contribution is 0.953. The fourth-order valence-electron chi connectivity index (χ4n) is 10.00. The molecule has 0 atom stereocenters. The van der Waals surface area contributed by atoms with Crippen molar-refractivity contribution < 1.29 is 0 Å². The zero-order valence-electron chi connectivity index (χ0n) is 38.0. The van der Waals surface area contributed by atoms with Gasteiger partial charge >= 0.3 is 0 Å². The summed E-state index contributed by atoms with van der Waals surface area (Å²) in [7, 11) is 0. The van der Waals surface area contributed by atoms with E-state index in [2.05, 4.69) is 256 Å². The van der Waals surface area contributed by atoms with E-state index < -0.39 is 0 Å². The summed E-state index contributed by atoms with van der Waals surface area (Å²) >= 11 is 0. The molecule has 0 spiro atoms. The second kappa shape index (κ2) is 17.2. The van der Waals surface area contributed by atoms with Crippen LogP contribution in [0.15, 0.2) is 261 Å². The van der Waals surface area contributed by atoms with Crippen LogP contribution in [0.1, 0.15) is 0 Å². The molecular formula is C63H43N7. The highest BCUT2D eigenvalue weighted by atomic mass is 15.2. The molecule has 0 amide bonds. The largest absolute Gasteiger partial charge is 0.311 e. The fourth-order valence-corrected chi connectivity index (χ4v) is 10.00. The van der Waals surface area contributed by atoms with Crippen LogP contribution >= 0.6 is 0 Å². The van der Waals surface area contributed by atoms with Crippen LogP contribution in [0.5, 0.6) is 0 Å². The number of nitrogens with zero attached hydrogens (tertiary/aromatic N) is 7. The van der Waals surface area contributed by atoms with Gasteiger partial charge in [0.25, 0.3) is 0 Å². The van der Waals surface area contributed by atoms with Crippen molar-refractivity contribution in [1.29, 1.82) is 0 Å². The van der Waals surface area contributed by atoms with E-state index >= 15 is 0 Å². The van der Waals surface area contributed by atoms with E-state index in [-0.39, 0.29) is 0 Å². The normalized spacial score (nSPS) is 11.4. The molecular weight excluding hydrogens is 855 g/mol. The lowest BCUT2D eigenvalue weighted by Crippen LogP contribution is -2.10. The molecule has 7 nitrogen and oxygen atoms in total. The third-order valence-electron chi connectivity index (χ3n) is 13.1. The van der Waals surface area contributed by atoms with E-state index in [0.717, 1.165) is 89.2 Å². The molecule has 0 saturated heterocycles. The summed E-state index contributed by atoms with van der Waals surface area (Å²) in [6, 6.07) is 91.3. The molecule has 10 aromatic carbocycles. The minimum atomic E-state index is 0.530. The summed E-state index contributed by atoms with van der Waals surface area (Å²) in [5.41, 5.74) is 13.4. The van der Waals surface area contributed by atoms with Crippen molar-refractivity contribution in [2.75, 3.05) is 9.80 Å². The monoisotopic (exact) mass is 897 g/mol. The van der Waals surface area contributed by atoms with Crippen molar-refractivity contribution in [3.63, 3.8) is 0 Å². The number of benzene rings is 10. The molecule has 7 heteroatoms. The average molecular weight is 898 g/mol. The molecule has 330 valence electrons. The van der Waals surface area contributed by atoms with Gasteiger partial charge < -0.3 is 14.4 Å². The molecule has 13 aromatic rings. The summed E-state index contributed by atoms with van der Waals surface area (Å²) < 4.78 is 4.64. The van der Waals surface area contributed by atoms with E-state index in [0.29, 0.717) is 17.6 Å². The highest BCUT2D eigenvalue weighted by molar-refractivity contribution is 6.23. The Balaban J connectivity index is 1.04. The number of rotatable bonds is 10. The first-order chi connectivity index (χ1) is 34.7. The molecule has 0 N–H and O–H groups in total. The van der Waals surface area contributed by atoms with Crippen LogP contribution < -0.4 is 9.80 Å². The second-order valence-electron chi connectivity index (χ2n) is 17.3. The molecule has 0 unspecified atom stereocenters. The smallest absolute Gasteiger partial charge is 0.238 e. The van der Waals surface area contributed by atoms with Crippen molar-refractivity contribution in [2.24, 2.45) is 0 Å². The van der Waals surface area contributed by atoms with Crippen molar-refractivity contribution in [1.82, 2.24) is 24.1 Å². The van der Waals surface area contributed by atoms with Crippen molar-refractivity contribution in [3.8, 4) is 34.4 Å². The topological polar surface area (TPSA) is 55.0 Å². The fraction of sp³-hybridized carbons (Fsp3) is 0. The van der Waals surface area contributed by atoms with E-state index in [9.17, 15) is 0 Å². The van der Waals surface area contributed by atoms with E-state index in [1.54, 1.807) is 0 Å². The standard InChI is InChI=1S/C63H43N7/c1-6-20-46(21-7-1)67(47-22-8-2-9-23-47)51-38-34-44(35-39-51)61-64-62(45-36-40-52(41-37-45)68(48-24-10-3-11-25-48)49-26-12-4-13-27-49)66-63(65-61)70-58-33-19-17-31-54(58)56-43-42-55-53-30-16-18-32-57(53)69(59(55)60(56)70)50-28-14-5-15-29-50/h1-43H. The molecule has 3 heterocycles. The number of aromatic nitrogens is 5. The summed E-state index contributed by atoms with van der Waals surface area (Å²) in [5.74, 6) is 1.67. The number of hydrogen-bond acceptors (Lipinski definition) is 5. The summed E-state index contributed by atoms with van der Waals surface area (Å²) in [5, 5.41) is 4.56. The lowest BCUT2D eigenvalue weighted by Gasteiger charge is -2.25. The summed E-state index contributed by atoms with van der Waals surface area (Å²) in [4.78, 5) is 20.8.